The number of aryl methyl sites for hydroxylation is 2. The fourth-order valence-electron chi connectivity index (χ4n) is 4.55. The number of pyridine rings is 1. The molecule has 0 fully saturated rings. The Kier molecular flexibility index (Phi) is 5.01. The van der Waals surface area contributed by atoms with Crippen LogP contribution in [0.25, 0.3) is 15.9 Å². The van der Waals surface area contributed by atoms with Crippen LogP contribution in [-0.2, 0) is 12.8 Å². The summed E-state index contributed by atoms with van der Waals surface area (Å²) in [7, 11) is 0. The number of nitrogens with two attached hydrogens (primary N) is 1. The minimum atomic E-state index is -0.738. The number of ketones is 1. The molecule has 0 saturated carbocycles. The third-order valence-electron chi connectivity index (χ3n) is 6.67. The third kappa shape index (κ3) is 3.68. The van der Waals surface area contributed by atoms with E-state index in [0.717, 1.165) is 40.7 Å². The Morgan fingerprint density at radius 3 is 2.70 bits per heavy atom. The number of rotatable bonds is 3. The van der Waals surface area contributed by atoms with Gasteiger partial charge < -0.3 is 5.73 Å². The van der Waals surface area contributed by atoms with Crippen LogP contribution in [0.2, 0.25) is 0 Å². The SMILES string of the molecule is Cc1ccc(-[n+]2[nH]oc(=O)c2C(=O)c2sc3nc4c(cc3c2N)CC(C(C)(C)C)CC4)cc1. The van der Waals surface area contributed by atoms with E-state index >= 15 is 0 Å². The Labute approximate surface area is 195 Å². The summed E-state index contributed by atoms with van der Waals surface area (Å²) in [5, 5.41) is 3.31. The number of hydrogen-bond donors (Lipinski definition) is 2. The zero-order chi connectivity index (χ0) is 23.5. The molecule has 3 N–H and O–H groups in total. The van der Waals surface area contributed by atoms with Gasteiger partial charge in [0.15, 0.2) is 0 Å². The van der Waals surface area contributed by atoms with Crippen LogP contribution in [0.1, 0.15) is 59.4 Å². The third-order valence-corrected chi connectivity index (χ3v) is 7.78. The summed E-state index contributed by atoms with van der Waals surface area (Å²) >= 11 is 1.23. The monoisotopic (exact) mass is 463 g/mol. The number of anilines is 1. The lowest BCUT2D eigenvalue weighted by Crippen LogP contribution is -2.41. The molecule has 1 unspecified atom stereocenters. The van der Waals surface area contributed by atoms with Gasteiger partial charge in [0.05, 0.1) is 5.69 Å². The Morgan fingerprint density at radius 1 is 1.27 bits per heavy atom. The maximum absolute atomic E-state index is 13.5. The van der Waals surface area contributed by atoms with Gasteiger partial charge in [-0.3, -0.25) is 9.32 Å². The molecule has 1 aliphatic carbocycles. The highest BCUT2D eigenvalue weighted by atomic mass is 32.1. The van der Waals surface area contributed by atoms with E-state index in [1.54, 1.807) is 0 Å². The normalized spacial score (nSPS) is 16.2. The fourth-order valence-corrected chi connectivity index (χ4v) is 5.59. The van der Waals surface area contributed by atoms with E-state index in [2.05, 4.69) is 32.1 Å². The van der Waals surface area contributed by atoms with Crippen molar-refractivity contribution >= 4 is 33.0 Å². The van der Waals surface area contributed by atoms with Crippen LogP contribution in [0.3, 0.4) is 0 Å². The highest BCUT2D eigenvalue weighted by Crippen LogP contribution is 2.40. The molecule has 1 atom stereocenters. The topological polar surface area (TPSA) is 106 Å². The van der Waals surface area contributed by atoms with Crippen molar-refractivity contribution in [2.75, 3.05) is 5.73 Å². The molecule has 5 rings (SSSR count). The van der Waals surface area contributed by atoms with Gasteiger partial charge in [-0.15, -0.1) is 11.3 Å². The van der Waals surface area contributed by atoms with Gasteiger partial charge in [0.1, 0.15) is 9.71 Å². The highest BCUT2D eigenvalue weighted by Gasteiger charge is 2.35. The largest absolute Gasteiger partial charge is 0.439 e. The Balaban J connectivity index is 1.58. The lowest BCUT2D eigenvalue weighted by atomic mass is 9.71. The molecular weight excluding hydrogens is 436 g/mol. The molecule has 8 heteroatoms. The Morgan fingerprint density at radius 2 is 2.00 bits per heavy atom. The Bertz CT molecular complexity index is 1440. The van der Waals surface area contributed by atoms with E-state index in [4.69, 9.17) is 15.2 Å². The van der Waals surface area contributed by atoms with Crippen LogP contribution in [0.15, 0.2) is 39.6 Å². The average molecular weight is 464 g/mol. The second-order valence-corrected chi connectivity index (χ2v) is 10.9. The van der Waals surface area contributed by atoms with Gasteiger partial charge in [-0.25, -0.2) is 9.78 Å². The zero-order valence-electron chi connectivity index (χ0n) is 19.2. The average Bonchev–Trinajstić information content (AvgIpc) is 3.31. The number of hydrogen-bond acceptors (Lipinski definition) is 6. The standard InChI is InChI=1S/C25H26N4O3S/c1-13-5-8-16(9-6-13)29-20(24(31)32-28-29)21(30)22-19(26)17-12-14-11-15(25(2,3)4)7-10-18(14)27-23(17)33-22/h5-6,8-9,12,15H,7,10-11H2,1-4H3,(H2-,26,28,30,31)/p+1. The first kappa shape index (κ1) is 21.6. The van der Waals surface area contributed by atoms with Crippen molar-refractivity contribution in [2.24, 2.45) is 11.3 Å². The highest BCUT2D eigenvalue weighted by molar-refractivity contribution is 7.21. The molecule has 3 aromatic heterocycles. The molecule has 33 heavy (non-hydrogen) atoms. The van der Waals surface area contributed by atoms with Crippen LogP contribution in [0.4, 0.5) is 5.69 Å². The number of nitrogens with one attached hydrogen (secondary N) is 1. The van der Waals surface area contributed by atoms with Crippen molar-refractivity contribution in [3.8, 4) is 5.69 Å². The number of H-pyrrole nitrogens is 1. The molecule has 0 saturated heterocycles. The number of nitrogens with zero attached hydrogens (tertiary/aromatic N) is 2. The van der Waals surface area contributed by atoms with Crippen LogP contribution < -0.4 is 16.0 Å². The van der Waals surface area contributed by atoms with Crippen LogP contribution >= 0.6 is 11.3 Å². The number of carbonyl (C=O) groups is 1. The Hall–Kier alpha value is -3.26. The molecule has 0 bridgehead atoms. The molecule has 0 spiro atoms. The molecule has 170 valence electrons. The molecule has 1 aromatic carbocycles. The summed E-state index contributed by atoms with van der Waals surface area (Å²) in [5.74, 6) is 0.0970. The first-order chi connectivity index (χ1) is 15.6. The quantitative estimate of drug-likeness (QED) is 0.351. The van der Waals surface area contributed by atoms with Gasteiger partial charge in [-0.05, 0) is 59.1 Å². The molecule has 0 amide bonds. The van der Waals surface area contributed by atoms with Crippen LogP contribution in [-0.4, -0.2) is 16.0 Å². The minimum absolute atomic E-state index is 0.116. The van der Waals surface area contributed by atoms with Gasteiger partial charge in [-0.2, -0.15) is 0 Å². The van der Waals surface area contributed by atoms with E-state index in [9.17, 15) is 9.59 Å². The zero-order valence-corrected chi connectivity index (χ0v) is 20.0. The summed E-state index contributed by atoms with van der Waals surface area (Å²) in [6.45, 7) is 8.79. The first-order valence-corrected chi connectivity index (χ1v) is 11.9. The maximum atomic E-state index is 13.5. The van der Waals surface area contributed by atoms with Gasteiger partial charge in [-0.1, -0.05) is 38.5 Å². The van der Waals surface area contributed by atoms with E-state index in [1.807, 2.05) is 31.2 Å². The van der Waals surface area contributed by atoms with Gasteiger partial charge in [0.2, 0.25) is 5.69 Å². The molecule has 0 radical (unpaired) electrons. The van der Waals surface area contributed by atoms with Crippen molar-refractivity contribution in [3.63, 3.8) is 0 Å². The number of thiophene rings is 1. The van der Waals surface area contributed by atoms with Gasteiger partial charge >= 0.3 is 11.3 Å². The number of fused-ring (bicyclic) bond motifs is 2. The van der Waals surface area contributed by atoms with E-state index in [1.165, 1.54) is 21.6 Å². The first-order valence-electron chi connectivity index (χ1n) is 11.1. The summed E-state index contributed by atoms with van der Waals surface area (Å²) < 4.78 is 6.33. The molecule has 0 aliphatic heterocycles. The lowest BCUT2D eigenvalue weighted by molar-refractivity contribution is -0.672. The van der Waals surface area contributed by atoms with Gasteiger partial charge in [0.25, 0.3) is 5.78 Å². The summed E-state index contributed by atoms with van der Waals surface area (Å²) in [4.78, 5) is 31.8. The number of carbonyl (C=O) groups excluding carboxylic acids is 1. The second-order valence-electron chi connectivity index (χ2n) is 9.93. The molecular formula is C25H27N4O3S+. The maximum Gasteiger partial charge on any atom is 0.439 e. The predicted octanol–water partition coefficient (Wildman–Crippen LogP) is 4.13. The molecule has 1 aliphatic rings. The minimum Gasteiger partial charge on any atom is -0.397 e. The smallest absolute Gasteiger partial charge is 0.397 e. The van der Waals surface area contributed by atoms with Crippen LogP contribution in [0.5, 0.6) is 0 Å². The van der Waals surface area contributed by atoms with Crippen molar-refractivity contribution < 1.29 is 14.0 Å². The van der Waals surface area contributed by atoms with Crippen LogP contribution in [0, 0.1) is 18.3 Å². The van der Waals surface area contributed by atoms with Crippen molar-refractivity contribution in [2.45, 2.75) is 47.0 Å². The number of aromatic nitrogens is 3. The fraction of sp³-hybridized carbons (Fsp3) is 0.360. The lowest BCUT2D eigenvalue weighted by Gasteiger charge is -2.34. The molecule has 4 aromatic rings. The summed E-state index contributed by atoms with van der Waals surface area (Å²) in [6, 6.07) is 9.51. The predicted molar refractivity (Wildman–Crippen MR) is 128 cm³/mol. The molecule has 7 nitrogen and oxygen atoms in total. The summed E-state index contributed by atoms with van der Waals surface area (Å²) in [6.07, 6.45) is 2.97. The number of benzene rings is 1. The van der Waals surface area contributed by atoms with E-state index < -0.39 is 11.4 Å². The van der Waals surface area contributed by atoms with Crippen molar-refractivity contribution in [1.82, 2.24) is 10.3 Å². The number of aromatic amines is 1. The number of nitrogen functional groups attached to an aromatic ring is 1. The molecule has 3 heterocycles. The van der Waals surface area contributed by atoms with Crippen molar-refractivity contribution in [3.05, 3.63) is 68.1 Å². The van der Waals surface area contributed by atoms with Gasteiger partial charge in [0, 0.05) is 23.2 Å². The second kappa shape index (κ2) is 7.66. The van der Waals surface area contributed by atoms with Crippen molar-refractivity contribution in [1.29, 1.82) is 0 Å². The summed E-state index contributed by atoms with van der Waals surface area (Å²) in [5.41, 5.74) is 10.2. The van der Waals surface area contributed by atoms with E-state index in [-0.39, 0.29) is 11.1 Å². The van der Waals surface area contributed by atoms with E-state index in [0.29, 0.717) is 22.2 Å².